The first-order chi connectivity index (χ1) is 14.4. The molecule has 0 spiro atoms. The molecular formula is C21H20FN3O4S. The monoisotopic (exact) mass is 429 g/mol. The molecule has 1 aliphatic heterocycles. The van der Waals surface area contributed by atoms with Gasteiger partial charge in [-0.1, -0.05) is 23.9 Å². The number of benzene rings is 2. The van der Waals surface area contributed by atoms with Crippen molar-refractivity contribution in [1.29, 1.82) is 0 Å². The summed E-state index contributed by atoms with van der Waals surface area (Å²) in [6, 6.07) is 12.3. The van der Waals surface area contributed by atoms with Crippen molar-refractivity contribution < 1.29 is 23.5 Å². The number of nitrogens with zero attached hydrogens (tertiary/aromatic N) is 2. The van der Waals surface area contributed by atoms with Crippen molar-refractivity contribution >= 4 is 46.1 Å². The summed E-state index contributed by atoms with van der Waals surface area (Å²) in [5, 5.41) is 2.76. The van der Waals surface area contributed by atoms with E-state index in [9.17, 15) is 18.8 Å². The third kappa shape index (κ3) is 4.68. The minimum atomic E-state index is -0.720. The van der Waals surface area contributed by atoms with E-state index in [-0.39, 0.29) is 12.1 Å². The fraction of sp³-hybridized carbons (Fsp3) is 0.238. The maximum atomic E-state index is 14.0. The molecule has 30 heavy (non-hydrogen) atoms. The van der Waals surface area contributed by atoms with Crippen molar-refractivity contribution in [3.05, 3.63) is 59.9 Å². The van der Waals surface area contributed by atoms with Crippen LogP contribution in [0.3, 0.4) is 0 Å². The third-order valence-corrected chi connectivity index (χ3v) is 5.46. The molecule has 1 aliphatic rings. The number of esters is 1. The standard InChI is InChI=1S/C21H20FN3O4S/c1-3-29-20(28)13-8-10-14(11-9-13)24-21(23-2)30-17-12-18(26)25(19(17)27)16-7-5-4-6-15(16)22/h4-11,17H,3,12H2,1-2H3,(H,23,24)/t17-/m1/s1. The highest BCUT2D eigenvalue weighted by Crippen LogP contribution is 2.32. The van der Waals surface area contributed by atoms with E-state index in [1.165, 1.54) is 18.2 Å². The van der Waals surface area contributed by atoms with Crippen molar-refractivity contribution in [2.75, 3.05) is 23.9 Å². The zero-order valence-corrected chi connectivity index (χ0v) is 17.2. The number of amides is 2. The van der Waals surface area contributed by atoms with Gasteiger partial charge in [0.05, 0.1) is 17.9 Å². The van der Waals surface area contributed by atoms with E-state index >= 15 is 0 Å². The van der Waals surface area contributed by atoms with E-state index in [0.29, 0.717) is 23.0 Å². The fourth-order valence-corrected chi connectivity index (χ4v) is 3.87. The molecule has 7 nitrogen and oxygen atoms in total. The number of imide groups is 1. The summed E-state index contributed by atoms with van der Waals surface area (Å²) >= 11 is 1.09. The number of nitrogens with one attached hydrogen (secondary N) is 1. The molecule has 1 atom stereocenters. The number of hydrogen-bond acceptors (Lipinski definition) is 6. The Labute approximate surface area is 177 Å². The maximum absolute atomic E-state index is 14.0. The van der Waals surface area contributed by atoms with Gasteiger partial charge < -0.3 is 10.1 Å². The first-order valence-corrected chi connectivity index (χ1v) is 10.1. The van der Waals surface area contributed by atoms with Gasteiger partial charge >= 0.3 is 5.97 Å². The molecular weight excluding hydrogens is 409 g/mol. The topological polar surface area (TPSA) is 88.1 Å². The third-order valence-electron chi connectivity index (χ3n) is 4.30. The van der Waals surface area contributed by atoms with Crippen LogP contribution in [0.5, 0.6) is 0 Å². The van der Waals surface area contributed by atoms with E-state index in [0.717, 1.165) is 16.7 Å². The number of aliphatic imine (C=N–C) groups is 1. The second-order valence-electron chi connectivity index (χ2n) is 6.28. The minimum Gasteiger partial charge on any atom is -0.462 e. The molecule has 9 heteroatoms. The predicted octanol–water partition coefficient (Wildman–Crippen LogP) is 3.47. The summed E-state index contributed by atoms with van der Waals surface area (Å²) in [5.74, 6) is -1.99. The fourth-order valence-electron chi connectivity index (χ4n) is 2.88. The average Bonchev–Trinajstić information content (AvgIpc) is 3.01. The Bertz CT molecular complexity index is 994. The first kappa shape index (κ1) is 21.5. The number of anilines is 2. The molecule has 1 N–H and O–H groups in total. The van der Waals surface area contributed by atoms with Crippen LogP contribution in [0.4, 0.5) is 15.8 Å². The molecule has 2 aromatic carbocycles. The van der Waals surface area contributed by atoms with E-state index in [1.54, 1.807) is 44.3 Å². The molecule has 1 fully saturated rings. The summed E-state index contributed by atoms with van der Waals surface area (Å²) in [7, 11) is 1.55. The molecule has 1 heterocycles. The predicted molar refractivity (Wildman–Crippen MR) is 114 cm³/mol. The van der Waals surface area contributed by atoms with E-state index in [4.69, 9.17) is 4.74 Å². The van der Waals surface area contributed by atoms with Crippen LogP contribution in [0.25, 0.3) is 0 Å². The van der Waals surface area contributed by atoms with Gasteiger partial charge in [-0.3, -0.25) is 14.6 Å². The summed E-state index contributed by atoms with van der Waals surface area (Å²) in [6.45, 7) is 2.03. The van der Waals surface area contributed by atoms with Crippen LogP contribution in [-0.4, -0.2) is 41.9 Å². The molecule has 0 aromatic heterocycles. The SMILES string of the molecule is CCOC(=O)c1ccc(NC(=NC)S[C@@H]2CC(=O)N(c3ccccc3F)C2=O)cc1. The smallest absolute Gasteiger partial charge is 0.338 e. The van der Waals surface area contributed by atoms with Crippen LogP contribution in [0.15, 0.2) is 53.5 Å². The second-order valence-corrected chi connectivity index (χ2v) is 7.47. The van der Waals surface area contributed by atoms with E-state index in [2.05, 4.69) is 10.3 Å². The van der Waals surface area contributed by atoms with Crippen LogP contribution in [-0.2, 0) is 14.3 Å². The second kappa shape index (κ2) is 9.53. The number of halogens is 1. The molecule has 3 rings (SSSR count). The Hall–Kier alpha value is -3.20. The number of hydrogen-bond donors (Lipinski definition) is 1. The Balaban J connectivity index is 1.68. The lowest BCUT2D eigenvalue weighted by molar-refractivity contribution is -0.121. The molecule has 2 aromatic rings. The highest BCUT2D eigenvalue weighted by Gasteiger charge is 2.41. The summed E-state index contributed by atoms with van der Waals surface area (Å²) < 4.78 is 19.0. The maximum Gasteiger partial charge on any atom is 0.338 e. The van der Waals surface area contributed by atoms with Gasteiger partial charge in [-0.15, -0.1) is 0 Å². The van der Waals surface area contributed by atoms with Gasteiger partial charge in [0.1, 0.15) is 11.1 Å². The van der Waals surface area contributed by atoms with Gasteiger partial charge in [0, 0.05) is 19.2 Å². The highest BCUT2D eigenvalue weighted by molar-refractivity contribution is 8.15. The number of carbonyl (C=O) groups is 3. The highest BCUT2D eigenvalue weighted by atomic mass is 32.2. The van der Waals surface area contributed by atoms with Crippen LogP contribution in [0.1, 0.15) is 23.7 Å². The van der Waals surface area contributed by atoms with E-state index < -0.39 is 28.9 Å². The Kier molecular flexibility index (Phi) is 6.83. The van der Waals surface area contributed by atoms with Crippen molar-refractivity contribution in [3.63, 3.8) is 0 Å². The molecule has 0 radical (unpaired) electrons. The molecule has 0 aliphatic carbocycles. The molecule has 1 saturated heterocycles. The van der Waals surface area contributed by atoms with Crippen molar-refractivity contribution in [2.24, 2.45) is 4.99 Å². The largest absolute Gasteiger partial charge is 0.462 e. The average molecular weight is 429 g/mol. The lowest BCUT2D eigenvalue weighted by Gasteiger charge is -2.16. The van der Waals surface area contributed by atoms with Crippen molar-refractivity contribution in [1.82, 2.24) is 0 Å². The molecule has 0 unspecified atom stereocenters. The van der Waals surface area contributed by atoms with Crippen LogP contribution in [0, 0.1) is 5.82 Å². The minimum absolute atomic E-state index is 0.0481. The quantitative estimate of drug-likeness (QED) is 0.339. The van der Waals surface area contributed by atoms with Gasteiger partial charge in [0.25, 0.3) is 0 Å². The van der Waals surface area contributed by atoms with Gasteiger partial charge in [-0.2, -0.15) is 0 Å². The van der Waals surface area contributed by atoms with Crippen molar-refractivity contribution in [2.45, 2.75) is 18.6 Å². The van der Waals surface area contributed by atoms with Gasteiger partial charge in [-0.25, -0.2) is 14.1 Å². The normalized spacial score (nSPS) is 16.7. The number of amidine groups is 1. The van der Waals surface area contributed by atoms with Gasteiger partial charge in [0.2, 0.25) is 11.8 Å². The summed E-state index contributed by atoms with van der Waals surface area (Å²) in [5.41, 5.74) is 1.02. The molecule has 0 saturated carbocycles. The van der Waals surface area contributed by atoms with Gasteiger partial charge in [0.15, 0.2) is 5.17 Å². The van der Waals surface area contributed by atoms with Gasteiger partial charge in [-0.05, 0) is 43.3 Å². The van der Waals surface area contributed by atoms with E-state index in [1.807, 2.05) is 0 Å². The number of ether oxygens (including phenoxy) is 1. The number of thioether (sulfide) groups is 1. The Morgan fingerprint density at radius 3 is 2.57 bits per heavy atom. The lowest BCUT2D eigenvalue weighted by atomic mass is 10.2. The zero-order valence-electron chi connectivity index (χ0n) is 16.4. The van der Waals surface area contributed by atoms with Crippen LogP contribution < -0.4 is 10.2 Å². The number of carbonyl (C=O) groups excluding carboxylic acids is 3. The molecule has 156 valence electrons. The summed E-state index contributed by atoms with van der Waals surface area (Å²) in [4.78, 5) is 41.8. The molecule has 2 amide bonds. The Morgan fingerprint density at radius 2 is 1.93 bits per heavy atom. The lowest BCUT2D eigenvalue weighted by Crippen LogP contribution is -2.32. The number of para-hydroxylation sites is 1. The Morgan fingerprint density at radius 1 is 1.23 bits per heavy atom. The van der Waals surface area contributed by atoms with Crippen molar-refractivity contribution in [3.8, 4) is 0 Å². The first-order valence-electron chi connectivity index (χ1n) is 9.23. The zero-order chi connectivity index (χ0) is 21.7. The molecule has 0 bridgehead atoms. The number of rotatable bonds is 5. The summed E-state index contributed by atoms with van der Waals surface area (Å²) in [6.07, 6.45) is -0.0552. The van der Waals surface area contributed by atoms with Crippen LogP contribution in [0.2, 0.25) is 0 Å². The van der Waals surface area contributed by atoms with Crippen LogP contribution >= 0.6 is 11.8 Å².